The van der Waals surface area contributed by atoms with E-state index in [1.165, 1.54) is 32.1 Å². The first-order valence-corrected chi connectivity index (χ1v) is 7.68. The third-order valence-electron chi connectivity index (χ3n) is 3.83. The topological polar surface area (TPSA) is 80.5 Å². The van der Waals surface area contributed by atoms with Crippen LogP contribution in [0.1, 0.15) is 43.6 Å². The molecule has 0 aromatic heterocycles. The Bertz CT molecular complexity index is 617. The third kappa shape index (κ3) is 2.94. The Kier molecular flexibility index (Phi) is 3.96. The number of hydrogen-bond acceptors (Lipinski definition) is 5. The molecule has 7 nitrogen and oxygen atoms in total. The van der Waals surface area contributed by atoms with E-state index in [1.807, 2.05) is 13.8 Å². The molecule has 8 heteroatoms. The second-order valence-electron chi connectivity index (χ2n) is 5.46. The number of fused-ring (bicyclic) bond motifs is 1. The van der Waals surface area contributed by atoms with Gasteiger partial charge in [0.1, 0.15) is 5.82 Å². The fourth-order valence-corrected chi connectivity index (χ4v) is 2.92. The molecular weight excluding hydrogens is 286 g/mol. The van der Waals surface area contributed by atoms with Crippen LogP contribution in [0, 0.1) is 13.8 Å². The van der Waals surface area contributed by atoms with Crippen molar-refractivity contribution in [3.8, 4) is 11.5 Å². The number of aryl methyl sites for hydroxylation is 2. The SMILES string of the molecule is Cc1nnc2n(NC(=S)NC3CCCCC3)c(C)nnc1-2. The molecule has 3 rings (SSSR count). The lowest BCUT2D eigenvalue weighted by molar-refractivity contribution is 0.414. The van der Waals surface area contributed by atoms with Crippen molar-refractivity contribution < 1.29 is 0 Å². The molecule has 2 heterocycles. The first-order valence-electron chi connectivity index (χ1n) is 7.27. The molecule has 1 saturated carbocycles. The Balaban J connectivity index is 1.74. The maximum atomic E-state index is 5.41. The van der Waals surface area contributed by atoms with Crippen molar-refractivity contribution >= 4 is 17.3 Å². The van der Waals surface area contributed by atoms with Crippen molar-refractivity contribution in [2.24, 2.45) is 0 Å². The zero-order valence-corrected chi connectivity index (χ0v) is 13.1. The van der Waals surface area contributed by atoms with Gasteiger partial charge in [-0.15, -0.1) is 15.3 Å². The maximum absolute atomic E-state index is 5.41. The highest BCUT2D eigenvalue weighted by atomic mass is 32.1. The van der Waals surface area contributed by atoms with Gasteiger partial charge >= 0.3 is 0 Å². The summed E-state index contributed by atoms with van der Waals surface area (Å²) in [4.78, 5) is 0. The molecule has 21 heavy (non-hydrogen) atoms. The van der Waals surface area contributed by atoms with Crippen molar-refractivity contribution in [1.29, 1.82) is 0 Å². The standard InChI is InChI=1S/C13H19N7S/c1-8-11-12(18-15-8)20(9(2)16-17-11)19-13(21)14-10-6-4-3-5-7-10/h10H,3-7H2,1-2H3,(H2,14,19,21). The minimum atomic E-state index is 0.456. The third-order valence-corrected chi connectivity index (χ3v) is 4.04. The van der Waals surface area contributed by atoms with Crippen molar-refractivity contribution in [3.63, 3.8) is 0 Å². The molecule has 0 amide bonds. The van der Waals surface area contributed by atoms with Gasteiger partial charge in [0.2, 0.25) is 5.82 Å². The lowest BCUT2D eigenvalue weighted by atomic mass is 9.96. The average molecular weight is 305 g/mol. The molecular formula is C13H19N7S. The fraction of sp³-hybridized carbons (Fsp3) is 0.615. The number of thiocarbonyl (C=S) groups is 1. The van der Waals surface area contributed by atoms with Crippen LogP contribution in [0.5, 0.6) is 0 Å². The van der Waals surface area contributed by atoms with E-state index >= 15 is 0 Å². The van der Waals surface area contributed by atoms with Crippen LogP contribution in [0.25, 0.3) is 11.5 Å². The zero-order valence-electron chi connectivity index (χ0n) is 12.3. The highest BCUT2D eigenvalue weighted by Crippen LogP contribution is 2.19. The van der Waals surface area contributed by atoms with E-state index in [9.17, 15) is 0 Å². The number of rotatable bonds is 2. The Labute approximate surface area is 128 Å². The summed E-state index contributed by atoms with van der Waals surface area (Å²) in [7, 11) is 0. The van der Waals surface area contributed by atoms with Gasteiger partial charge in [0.05, 0.1) is 5.69 Å². The molecule has 1 aliphatic carbocycles. The van der Waals surface area contributed by atoms with Gasteiger partial charge in [-0.1, -0.05) is 19.3 Å². The predicted octanol–water partition coefficient (Wildman–Crippen LogP) is 1.54. The van der Waals surface area contributed by atoms with Gasteiger partial charge in [0, 0.05) is 6.04 Å². The summed E-state index contributed by atoms with van der Waals surface area (Å²) >= 11 is 5.41. The molecule has 0 radical (unpaired) electrons. The van der Waals surface area contributed by atoms with E-state index in [-0.39, 0.29) is 0 Å². The molecule has 112 valence electrons. The minimum absolute atomic E-state index is 0.456. The Morgan fingerprint density at radius 2 is 1.86 bits per heavy atom. The smallest absolute Gasteiger partial charge is 0.205 e. The van der Waals surface area contributed by atoms with Gasteiger partial charge < -0.3 is 5.32 Å². The summed E-state index contributed by atoms with van der Waals surface area (Å²) in [5, 5.41) is 20.4. The van der Waals surface area contributed by atoms with Crippen molar-refractivity contribution in [2.45, 2.75) is 52.0 Å². The van der Waals surface area contributed by atoms with Crippen molar-refractivity contribution in [3.05, 3.63) is 11.5 Å². The minimum Gasteiger partial charge on any atom is -0.359 e. The molecule has 0 unspecified atom stereocenters. The van der Waals surface area contributed by atoms with Gasteiger partial charge in [0.15, 0.2) is 10.8 Å². The fourth-order valence-electron chi connectivity index (χ4n) is 2.67. The van der Waals surface area contributed by atoms with Crippen LogP contribution in [0.3, 0.4) is 0 Å². The van der Waals surface area contributed by atoms with Crippen LogP contribution >= 0.6 is 12.2 Å². The molecule has 0 bridgehead atoms. The van der Waals surface area contributed by atoms with Gasteiger partial charge in [0.25, 0.3) is 0 Å². The van der Waals surface area contributed by atoms with E-state index in [4.69, 9.17) is 12.2 Å². The first kappa shape index (κ1) is 14.1. The van der Waals surface area contributed by atoms with Gasteiger partial charge in [-0.25, -0.2) is 4.68 Å². The molecule has 2 N–H and O–H groups in total. The summed E-state index contributed by atoms with van der Waals surface area (Å²) in [6.45, 7) is 3.72. The van der Waals surface area contributed by atoms with E-state index < -0.39 is 0 Å². The average Bonchev–Trinajstić information content (AvgIpc) is 2.85. The normalized spacial score (nSPS) is 16.1. The lowest BCUT2D eigenvalue weighted by Gasteiger charge is -2.25. The van der Waals surface area contributed by atoms with Crippen LogP contribution < -0.4 is 10.7 Å². The van der Waals surface area contributed by atoms with Crippen LogP contribution in [0.2, 0.25) is 0 Å². The van der Waals surface area contributed by atoms with Crippen LogP contribution in [0.15, 0.2) is 0 Å². The largest absolute Gasteiger partial charge is 0.359 e. The highest BCUT2D eigenvalue weighted by Gasteiger charge is 2.20. The van der Waals surface area contributed by atoms with Crippen LogP contribution in [-0.2, 0) is 0 Å². The van der Waals surface area contributed by atoms with E-state index in [2.05, 4.69) is 31.1 Å². The van der Waals surface area contributed by atoms with Crippen molar-refractivity contribution in [2.75, 3.05) is 5.43 Å². The molecule has 0 saturated heterocycles. The van der Waals surface area contributed by atoms with Gasteiger partial charge in [-0.2, -0.15) is 5.10 Å². The number of hydrogen-bond donors (Lipinski definition) is 2. The highest BCUT2D eigenvalue weighted by molar-refractivity contribution is 7.80. The molecule has 2 aliphatic heterocycles. The number of nitrogens with one attached hydrogen (secondary N) is 2. The Morgan fingerprint density at radius 1 is 1.10 bits per heavy atom. The molecule has 3 aliphatic rings. The van der Waals surface area contributed by atoms with Crippen LogP contribution in [0.4, 0.5) is 0 Å². The van der Waals surface area contributed by atoms with Crippen molar-refractivity contribution in [1.82, 2.24) is 30.4 Å². The van der Waals surface area contributed by atoms with Gasteiger partial charge in [-0.3, -0.25) is 5.43 Å². The summed E-state index contributed by atoms with van der Waals surface area (Å²) in [6, 6.07) is 0.456. The Hall–Kier alpha value is -1.83. The molecule has 0 aromatic carbocycles. The number of nitrogens with zero attached hydrogens (tertiary/aromatic N) is 5. The molecule has 0 aromatic rings. The second-order valence-corrected chi connectivity index (χ2v) is 5.87. The molecule has 0 atom stereocenters. The summed E-state index contributed by atoms with van der Waals surface area (Å²) in [5.74, 6) is 1.34. The zero-order chi connectivity index (χ0) is 14.8. The van der Waals surface area contributed by atoms with E-state index in [0.29, 0.717) is 28.5 Å². The monoisotopic (exact) mass is 305 g/mol. The molecule has 0 spiro atoms. The van der Waals surface area contributed by atoms with E-state index in [0.717, 1.165) is 5.69 Å². The van der Waals surface area contributed by atoms with Gasteiger partial charge in [-0.05, 0) is 38.9 Å². The quantitative estimate of drug-likeness (QED) is 0.815. The Morgan fingerprint density at radius 3 is 2.62 bits per heavy atom. The molecule has 1 fully saturated rings. The first-order chi connectivity index (χ1) is 10.1. The predicted molar refractivity (Wildman–Crippen MR) is 83.7 cm³/mol. The maximum Gasteiger partial charge on any atom is 0.205 e. The second kappa shape index (κ2) is 5.88. The summed E-state index contributed by atoms with van der Waals surface area (Å²) < 4.78 is 1.74. The lowest BCUT2D eigenvalue weighted by Crippen LogP contribution is -2.42. The van der Waals surface area contributed by atoms with Crippen LogP contribution in [-0.4, -0.2) is 36.2 Å². The summed E-state index contributed by atoms with van der Waals surface area (Å²) in [6.07, 6.45) is 6.20. The number of aromatic nitrogens is 5. The summed E-state index contributed by atoms with van der Waals surface area (Å²) in [5.41, 5.74) is 4.60. The van der Waals surface area contributed by atoms with E-state index in [1.54, 1.807) is 4.68 Å².